The average molecular weight is 255 g/mol. The van der Waals surface area contributed by atoms with Crippen LogP contribution in [0.5, 0.6) is 0 Å². The van der Waals surface area contributed by atoms with Crippen molar-refractivity contribution in [2.75, 3.05) is 65.4 Å². The Bertz CT molecular complexity index is 113. The van der Waals surface area contributed by atoms with Gasteiger partial charge in [-0.2, -0.15) is 0 Å². The summed E-state index contributed by atoms with van der Waals surface area (Å²) in [5, 5.41) is 13.1. The van der Waals surface area contributed by atoms with Crippen LogP contribution in [0.3, 0.4) is 0 Å². The maximum atomic E-state index is 5.35. The first-order chi connectivity index (χ1) is 7.91. The molecule has 6 nitrogen and oxygen atoms in total. The van der Waals surface area contributed by atoms with E-state index >= 15 is 0 Å². The van der Waals surface area contributed by atoms with Crippen LogP contribution >= 0.6 is 0 Å². The van der Waals surface area contributed by atoms with Crippen molar-refractivity contribution < 1.29 is 0 Å². The first-order valence-electron chi connectivity index (χ1n) is 6.14. The summed E-state index contributed by atoms with van der Waals surface area (Å²) in [5.41, 5.74) is 10.7. The summed E-state index contributed by atoms with van der Waals surface area (Å²) < 4.78 is 0. The SMILES string of the molecule is NCCNCCNCCNCCNCCN.[Na]. The first kappa shape index (κ1) is 20.1. The fraction of sp³-hybridized carbons (Fsp3) is 1.00. The molecule has 0 rings (SSSR count). The van der Waals surface area contributed by atoms with Crippen molar-refractivity contribution in [2.45, 2.75) is 0 Å². The smallest absolute Gasteiger partial charge is 0.00772 e. The molecule has 0 aliphatic rings. The molecule has 99 valence electrons. The van der Waals surface area contributed by atoms with Crippen molar-refractivity contribution in [1.29, 1.82) is 0 Å². The summed E-state index contributed by atoms with van der Waals surface area (Å²) in [7, 11) is 0. The Morgan fingerprint density at radius 1 is 0.471 bits per heavy atom. The number of hydrogen-bond acceptors (Lipinski definition) is 6. The van der Waals surface area contributed by atoms with Crippen molar-refractivity contribution in [2.24, 2.45) is 11.5 Å². The molecule has 1 radical (unpaired) electrons. The third-order valence-electron chi connectivity index (χ3n) is 2.08. The van der Waals surface area contributed by atoms with E-state index in [1.165, 1.54) is 0 Å². The molecule has 0 atom stereocenters. The second-order valence-electron chi connectivity index (χ2n) is 3.58. The molecular weight excluding hydrogens is 227 g/mol. The Morgan fingerprint density at radius 2 is 0.706 bits per heavy atom. The summed E-state index contributed by atoms with van der Waals surface area (Å²) in [4.78, 5) is 0. The van der Waals surface area contributed by atoms with Gasteiger partial charge in [0.05, 0.1) is 0 Å². The summed E-state index contributed by atoms with van der Waals surface area (Å²) in [6, 6.07) is 0. The molecule has 0 heterocycles. The second kappa shape index (κ2) is 19.1. The predicted octanol–water partition coefficient (Wildman–Crippen LogP) is -3.12. The van der Waals surface area contributed by atoms with E-state index in [9.17, 15) is 0 Å². The molecule has 7 heteroatoms. The van der Waals surface area contributed by atoms with Crippen molar-refractivity contribution >= 4 is 29.6 Å². The molecule has 0 bridgehead atoms. The van der Waals surface area contributed by atoms with Gasteiger partial charge in [0.25, 0.3) is 0 Å². The topological polar surface area (TPSA) is 100 Å². The molecule has 0 aliphatic carbocycles. The van der Waals surface area contributed by atoms with E-state index in [4.69, 9.17) is 11.5 Å². The Balaban J connectivity index is 0. The number of nitrogens with two attached hydrogens (primary N) is 2. The average Bonchev–Trinajstić information content (AvgIpc) is 2.31. The van der Waals surface area contributed by atoms with Crippen LogP contribution in [0.15, 0.2) is 0 Å². The Morgan fingerprint density at radius 3 is 0.941 bits per heavy atom. The molecule has 0 spiro atoms. The van der Waals surface area contributed by atoms with Gasteiger partial charge in [0.15, 0.2) is 0 Å². The fourth-order valence-electron chi connectivity index (χ4n) is 1.23. The fourth-order valence-corrected chi connectivity index (χ4v) is 1.23. The van der Waals surface area contributed by atoms with Gasteiger partial charge in [-0.15, -0.1) is 0 Å². The van der Waals surface area contributed by atoms with Gasteiger partial charge in [-0.25, -0.2) is 0 Å². The normalized spacial score (nSPS) is 10.2. The van der Waals surface area contributed by atoms with Gasteiger partial charge >= 0.3 is 0 Å². The van der Waals surface area contributed by atoms with Crippen LogP contribution in [0.25, 0.3) is 0 Å². The molecule has 0 amide bonds. The Kier molecular flexibility index (Phi) is 22.6. The van der Waals surface area contributed by atoms with Gasteiger partial charge in [-0.1, -0.05) is 0 Å². The van der Waals surface area contributed by atoms with Gasteiger partial charge in [-0.05, 0) is 0 Å². The third-order valence-corrected chi connectivity index (χ3v) is 2.08. The molecule has 0 aliphatic heterocycles. The van der Waals surface area contributed by atoms with Crippen LogP contribution in [0.1, 0.15) is 0 Å². The van der Waals surface area contributed by atoms with Gasteiger partial charge in [-0.3, -0.25) is 0 Å². The van der Waals surface area contributed by atoms with E-state index in [2.05, 4.69) is 21.3 Å². The third kappa shape index (κ3) is 19.3. The first-order valence-corrected chi connectivity index (χ1v) is 6.14. The van der Waals surface area contributed by atoms with Gasteiger partial charge < -0.3 is 32.7 Å². The van der Waals surface area contributed by atoms with Gasteiger partial charge in [0, 0.05) is 95.0 Å². The van der Waals surface area contributed by atoms with Crippen molar-refractivity contribution in [3.8, 4) is 0 Å². The summed E-state index contributed by atoms with van der Waals surface area (Å²) in [6.45, 7) is 9.15. The molecule has 0 aromatic carbocycles. The maximum Gasteiger partial charge on any atom is 0.00772 e. The molecule has 0 aromatic rings. The van der Waals surface area contributed by atoms with Crippen LogP contribution in [0, 0.1) is 0 Å². The van der Waals surface area contributed by atoms with Crippen LogP contribution in [-0.4, -0.2) is 95.0 Å². The molecule has 0 fully saturated rings. The zero-order chi connectivity index (χ0) is 11.9. The molecule has 0 aromatic heterocycles. The number of rotatable bonds is 13. The number of hydrogen-bond donors (Lipinski definition) is 6. The number of nitrogens with one attached hydrogen (secondary N) is 4. The van der Waals surface area contributed by atoms with Crippen LogP contribution in [0.4, 0.5) is 0 Å². The molecule has 8 N–H and O–H groups in total. The monoisotopic (exact) mass is 255 g/mol. The molecule has 0 saturated carbocycles. The summed E-state index contributed by atoms with van der Waals surface area (Å²) in [5.74, 6) is 0. The van der Waals surface area contributed by atoms with E-state index in [0.717, 1.165) is 52.4 Å². The van der Waals surface area contributed by atoms with Gasteiger partial charge in [0.2, 0.25) is 0 Å². The van der Waals surface area contributed by atoms with Crippen molar-refractivity contribution in [3.63, 3.8) is 0 Å². The second-order valence-corrected chi connectivity index (χ2v) is 3.58. The molecule has 17 heavy (non-hydrogen) atoms. The molecule has 0 unspecified atom stereocenters. The minimum Gasteiger partial charge on any atom is -0.329 e. The van der Waals surface area contributed by atoms with E-state index in [1.807, 2.05) is 0 Å². The standard InChI is InChI=1S/C10H28N6.Na/c11-1-3-13-5-7-15-9-10-16-8-6-14-4-2-12;/h13-16H,1-12H2;. The molecular formula is C10H28N6Na. The van der Waals surface area contributed by atoms with Crippen LogP contribution in [0.2, 0.25) is 0 Å². The van der Waals surface area contributed by atoms with E-state index in [1.54, 1.807) is 0 Å². The predicted molar refractivity (Wildman–Crippen MR) is 75.3 cm³/mol. The van der Waals surface area contributed by atoms with Crippen LogP contribution < -0.4 is 32.7 Å². The minimum absolute atomic E-state index is 0. The summed E-state index contributed by atoms with van der Waals surface area (Å²) >= 11 is 0. The Hall–Kier alpha value is 0.760. The zero-order valence-electron chi connectivity index (χ0n) is 11.2. The van der Waals surface area contributed by atoms with E-state index in [0.29, 0.717) is 13.1 Å². The quantitative estimate of drug-likeness (QED) is 0.154. The van der Waals surface area contributed by atoms with Crippen molar-refractivity contribution in [3.05, 3.63) is 0 Å². The van der Waals surface area contributed by atoms with Crippen LogP contribution in [-0.2, 0) is 0 Å². The summed E-state index contributed by atoms with van der Waals surface area (Å²) in [6.07, 6.45) is 0. The maximum absolute atomic E-state index is 5.35. The van der Waals surface area contributed by atoms with E-state index in [-0.39, 0.29) is 29.6 Å². The minimum atomic E-state index is 0. The van der Waals surface area contributed by atoms with Gasteiger partial charge in [0.1, 0.15) is 0 Å². The van der Waals surface area contributed by atoms with Crippen molar-refractivity contribution in [1.82, 2.24) is 21.3 Å². The molecule has 0 saturated heterocycles. The van der Waals surface area contributed by atoms with E-state index < -0.39 is 0 Å². The largest absolute Gasteiger partial charge is 0.329 e. The zero-order valence-corrected chi connectivity index (χ0v) is 13.2. The Labute approximate surface area is 127 Å².